The van der Waals surface area contributed by atoms with Crippen molar-refractivity contribution in [3.05, 3.63) is 47.5 Å². The summed E-state index contributed by atoms with van der Waals surface area (Å²) in [5.41, 5.74) is 6.64. The normalized spacial score (nSPS) is 10.3. The summed E-state index contributed by atoms with van der Waals surface area (Å²) >= 11 is 0. The first kappa shape index (κ1) is 14.1. The molecule has 0 saturated carbocycles. The quantitative estimate of drug-likeness (QED) is 0.774. The summed E-state index contributed by atoms with van der Waals surface area (Å²) in [5.74, 6) is 0.313. The van der Waals surface area contributed by atoms with Crippen molar-refractivity contribution in [1.82, 2.24) is 4.98 Å². The fraction of sp³-hybridized carbons (Fsp3) is 0.286. The van der Waals surface area contributed by atoms with E-state index in [4.69, 9.17) is 24.9 Å². The number of benzene rings is 1. The van der Waals surface area contributed by atoms with Gasteiger partial charge in [-0.25, -0.2) is 0 Å². The van der Waals surface area contributed by atoms with E-state index >= 15 is 0 Å². The van der Waals surface area contributed by atoms with Gasteiger partial charge in [0.1, 0.15) is 12.7 Å². The predicted octanol–water partition coefficient (Wildman–Crippen LogP) is 1.86. The predicted molar refractivity (Wildman–Crippen MR) is 71.4 cm³/mol. The zero-order valence-electron chi connectivity index (χ0n) is 10.9. The fourth-order valence-corrected chi connectivity index (χ4v) is 1.56. The molecule has 0 bridgehead atoms. The maximum absolute atomic E-state index is 8.67. The van der Waals surface area contributed by atoms with E-state index in [-0.39, 0.29) is 18.2 Å². The topological polar surface area (TPSA) is 94.3 Å². The fourth-order valence-electron chi connectivity index (χ4n) is 1.56. The standard InChI is InChI=1S/C14H15N3O3/c15-8-12-14(16)20-13(17-12)10-19-7-6-18-9-11-4-2-1-3-5-11/h1-5H,6-7,9-10,16H2. The summed E-state index contributed by atoms with van der Waals surface area (Å²) in [6.07, 6.45) is 0. The van der Waals surface area contributed by atoms with E-state index in [2.05, 4.69) is 4.98 Å². The maximum atomic E-state index is 8.67. The van der Waals surface area contributed by atoms with Gasteiger partial charge in [0.15, 0.2) is 0 Å². The maximum Gasteiger partial charge on any atom is 0.229 e. The molecule has 0 amide bonds. The highest BCUT2D eigenvalue weighted by molar-refractivity contribution is 5.40. The van der Waals surface area contributed by atoms with Crippen molar-refractivity contribution in [2.45, 2.75) is 13.2 Å². The second-order valence-corrected chi connectivity index (χ2v) is 4.02. The molecule has 1 aromatic carbocycles. The van der Waals surface area contributed by atoms with Crippen LogP contribution in [0.25, 0.3) is 0 Å². The Morgan fingerprint density at radius 2 is 1.85 bits per heavy atom. The Morgan fingerprint density at radius 3 is 2.50 bits per heavy atom. The Balaban J connectivity index is 1.61. The number of nitrogens with zero attached hydrogens (tertiary/aromatic N) is 2. The Kier molecular flexibility index (Phi) is 5.12. The lowest BCUT2D eigenvalue weighted by Gasteiger charge is -2.04. The Bertz CT molecular complexity index is 575. The van der Waals surface area contributed by atoms with Gasteiger partial charge >= 0.3 is 0 Å². The molecule has 1 aromatic heterocycles. The molecule has 2 aromatic rings. The van der Waals surface area contributed by atoms with Crippen LogP contribution < -0.4 is 5.73 Å². The van der Waals surface area contributed by atoms with Gasteiger partial charge in [0.05, 0.1) is 19.8 Å². The molecule has 6 nitrogen and oxygen atoms in total. The number of anilines is 1. The van der Waals surface area contributed by atoms with Crippen LogP contribution in [-0.4, -0.2) is 18.2 Å². The first-order valence-electron chi connectivity index (χ1n) is 6.14. The molecule has 0 atom stereocenters. The van der Waals surface area contributed by atoms with Crippen molar-refractivity contribution in [2.24, 2.45) is 0 Å². The van der Waals surface area contributed by atoms with Gasteiger partial charge in [-0.15, -0.1) is 0 Å². The molecule has 0 spiro atoms. The van der Waals surface area contributed by atoms with E-state index in [1.807, 2.05) is 36.4 Å². The molecule has 6 heteroatoms. The van der Waals surface area contributed by atoms with Gasteiger partial charge in [-0.2, -0.15) is 10.2 Å². The van der Waals surface area contributed by atoms with Crippen LogP contribution in [0.4, 0.5) is 5.88 Å². The molecule has 0 fully saturated rings. The van der Waals surface area contributed by atoms with E-state index in [1.165, 1.54) is 0 Å². The number of ether oxygens (including phenoxy) is 2. The summed E-state index contributed by atoms with van der Waals surface area (Å²) in [6, 6.07) is 11.7. The van der Waals surface area contributed by atoms with Crippen LogP contribution in [-0.2, 0) is 22.7 Å². The zero-order chi connectivity index (χ0) is 14.2. The summed E-state index contributed by atoms with van der Waals surface area (Å²) in [6.45, 7) is 1.60. The van der Waals surface area contributed by atoms with Crippen LogP contribution in [0.5, 0.6) is 0 Å². The second kappa shape index (κ2) is 7.28. The smallest absolute Gasteiger partial charge is 0.229 e. The molecular weight excluding hydrogens is 258 g/mol. The lowest BCUT2D eigenvalue weighted by atomic mass is 10.2. The van der Waals surface area contributed by atoms with Crippen molar-refractivity contribution in [3.63, 3.8) is 0 Å². The molecule has 2 N–H and O–H groups in total. The highest BCUT2D eigenvalue weighted by Crippen LogP contribution is 2.12. The number of nitrogens with two attached hydrogens (primary N) is 1. The number of rotatable bonds is 7. The molecule has 1 heterocycles. The van der Waals surface area contributed by atoms with Crippen molar-refractivity contribution in [2.75, 3.05) is 18.9 Å². The lowest BCUT2D eigenvalue weighted by molar-refractivity contribution is 0.0273. The van der Waals surface area contributed by atoms with Gasteiger partial charge in [-0.3, -0.25) is 0 Å². The molecule has 0 aliphatic heterocycles. The summed E-state index contributed by atoms with van der Waals surface area (Å²) in [7, 11) is 0. The van der Waals surface area contributed by atoms with Crippen LogP contribution in [0.1, 0.15) is 17.1 Å². The molecular formula is C14H15N3O3. The molecule has 0 unspecified atom stereocenters. The van der Waals surface area contributed by atoms with Gasteiger partial charge in [-0.05, 0) is 5.56 Å². The van der Waals surface area contributed by atoms with Crippen molar-refractivity contribution in [3.8, 4) is 6.07 Å². The minimum atomic E-state index is 0.0198. The first-order valence-corrected chi connectivity index (χ1v) is 6.14. The van der Waals surface area contributed by atoms with Crippen molar-refractivity contribution >= 4 is 5.88 Å². The van der Waals surface area contributed by atoms with E-state index in [9.17, 15) is 0 Å². The highest BCUT2D eigenvalue weighted by Gasteiger charge is 2.09. The van der Waals surface area contributed by atoms with Crippen LogP contribution in [0.3, 0.4) is 0 Å². The molecule has 104 valence electrons. The third-order valence-corrected chi connectivity index (χ3v) is 2.51. The Hall–Kier alpha value is -2.36. The molecule has 0 aliphatic carbocycles. The van der Waals surface area contributed by atoms with Crippen LogP contribution in [0.2, 0.25) is 0 Å². The monoisotopic (exact) mass is 273 g/mol. The van der Waals surface area contributed by atoms with Gasteiger partial charge in [-0.1, -0.05) is 30.3 Å². The minimum Gasteiger partial charge on any atom is -0.422 e. The average molecular weight is 273 g/mol. The van der Waals surface area contributed by atoms with Crippen molar-refractivity contribution < 1.29 is 13.9 Å². The van der Waals surface area contributed by atoms with Gasteiger partial charge in [0.2, 0.25) is 17.5 Å². The average Bonchev–Trinajstić information content (AvgIpc) is 2.84. The van der Waals surface area contributed by atoms with E-state index < -0.39 is 0 Å². The highest BCUT2D eigenvalue weighted by atomic mass is 16.5. The van der Waals surface area contributed by atoms with Crippen molar-refractivity contribution in [1.29, 1.82) is 5.26 Å². The molecule has 0 aliphatic rings. The van der Waals surface area contributed by atoms with Crippen LogP contribution >= 0.6 is 0 Å². The molecule has 20 heavy (non-hydrogen) atoms. The van der Waals surface area contributed by atoms with Gasteiger partial charge in [0.25, 0.3) is 0 Å². The van der Waals surface area contributed by atoms with E-state index in [0.717, 1.165) is 5.56 Å². The number of aromatic nitrogens is 1. The number of hydrogen-bond donors (Lipinski definition) is 1. The van der Waals surface area contributed by atoms with Crippen LogP contribution in [0.15, 0.2) is 34.7 Å². The number of hydrogen-bond acceptors (Lipinski definition) is 6. The van der Waals surface area contributed by atoms with Gasteiger partial charge in [0, 0.05) is 0 Å². The SMILES string of the molecule is N#Cc1nc(COCCOCc2ccccc2)oc1N. The van der Waals surface area contributed by atoms with E-state index in [1.54, 1.807) is 0 Å². The number of nitriles is 1. The Labute approximate surface area is 116 Å². The zero-order valence-corrected chi connectivity index (χ0v) is 10.9. The molecule has 0 saturated heterocycles. The third kappa shape index (κ3) is 4.09. The third-order valence-electron chi connectivity index (χ3n) is 2.51. The Morgan fingerprint density at radius 1 is 1.15 bits per heavy atom. The summed E-state index contributed by atoms with van der Waals surface area (Å²) in [5, 5.41) is 8.67. The molecule has 2 rings (SSSR count). The van der Waals surface area contributed by atoms with Gasteiger partial charge < -0.3 is 19.6 Å². The van der Waals surface area contributed by atoms with Crippen LogP contribution in [0, 0.1) is 11.3 Å². The summed E-state index contributed by atoms with van der Waals surface area (Å²) < 4.78 is 15.8. The van der Waals surface area contributed by atoms with E-state index in [0.29, 0.717) is 25.7 Å². The number of oxazole rings is 1. The minimum absolute atomic E-state index is 0.0198. The largest absolute Gasteiger partial charge is 0.422 e. The molecule has 0 radical (unpaired) electrons. The lowest BCUT2D eigenvalue weighted by Crippen LogP contribution is -2.04. The first-order chi connectivity index (χ1) is 9.79. The number of nitrogen functional groups attached to an aromatic ring is 1. The summed E-state index contributed by atoms with van der Waals surface area (Å²) in [4.78, 5) is 3.88. The second-order valence-electron chi connectivity index (χ2n) is 4.02.